The topological polar surface area (TPSA) is 55.4 Å². The van der Waals surface area contributed by atoms with Gasteiger partial charge in [-0.2, -0.15) is 0 Å². The first-order valence-corrected chi connectivity index (χ1v) is 10.5. The van der Waals surface area contributed by atoms with Gasteiger partial charge >= 0.3 is 0 Å². The average Bonchev–Trinajstić information content (AvgIpc) is 2.76. The van der Waals surface area contributed by atoms with Crippen LogP contribution in [0.5, 0.6) is 5.75 Å². The summed E-state index contributed by atoms with van der Waals surface area (Å²) in [5.74, 6) is -1.31. The summed E-state index contributed by atoms with van der Waals surface area (Å²) < 4.78 is 33.8. The third-order valence-electron chi connectivity index (χ3n) is 4.92. The molecule has 0 heterocycles. The highest BCUT2D eigenvalue weighted by atomic mass is 35.5. The number of amides is 1. The molecule has 3 aromatic carbocycles. The standard InChI is InChI=1S/C25H22ClF2NO3/c1-3-8-32-24-7-4-16(21-11-18(14-30)22(27)9-15(21)2)10-17(24)13-29-25(31)20-6-5-19(26)12-23(20)28/h4-7,9-12,14H,3,8,13H2,1-2H3,(H,29,31). The Balaban J connectivity index is 1.93. The number of hydrogen-bond donors (Lipinski definition) is 1. The zero-order valence-corrected chi connectivity index (χ0v) is 18.4. The van der Waals surface area contributed by atoms with Crippen molar-refractivity contribution in [1.82, 2.24) is 5.32 Å². The fraction of sp³-hybridized carbons (Fsp3) is 0.200. The van der Waals surface area contributed by atoms with Gasteiger partial charge in [0, 0.05) is 17.1 Å². The second-order valence-corrected chi connectivity index (χ2v) is 7.72. The van der Waals surface area contributed by atoms with Crippen molar-refractivity contribution in [2.24, 2.45) is 0 Å². The summed E-state index contributed by atoms with van der Waals surface area (Å²) in [5, 5.41) is 2.90. The molecule has 166 valence electrons. The van der Waals surface area contributed by atoms with Crippen molar-refractivity contribution < 1.29 is 23.1 Å². The lowest BCUT2D eigenvalue weighted by molar-refractivity contribution is 0.0946. The SMILES string of the molecule is CCCOc1ccc(-c2cc(C=O)c(F)cc2C)cc1CNC(=O)c1ccc(Cl)cc1F. The van der Waals surface area contributed by atoms with Gasteiger partial charge < -0.3 is 10.1 Å². The highest BCUT2D eigenvalue weighted by Crippen LogP contribution is 2.30. The molecule has 0 aliphatic heterocycles. The fourth-order valence-electron chi connectivity index (χ4n) is 3.27. The van der Waals surface area contributed by atoms with Gasteiger partial charge in [0.1, 0.15) is 17.4 Å². The number of carbonyl (C=O) groups is 2. The van der Waals surface area contributed by atoms with Gasteiger partial charge in [-0.3, -0.25) is 9.59 Å². The van der Waals surface area contributed by atoms with E-state index in [-0.39, 0.29) is 22.7 Å². The number of nitrogens with one attached hydrogen (secondary N) is 1. The summed E-state index contributed by atoms with van der Waals surface area (Å²) >= 11 is 5.75. The van der Waals surface area contributed by atoms with Crippen LogP contribution in [0.3, 0.4) is 0 Å². The number of aldehydes is 1. The number of carbonyl (C=O) groups excluding carboxylic acids is 2. The summed E-state index contributed by atoms with van der Waals surface area (Å²) in [7, 11) is 0. The van der Waals surface area contributed by atoms with Gasteiger partial charge in [0.2, 0.25) is 0 Å². The molecule has 32 heavy (non-hydrogen) atoms. The zero-order chi connectivity index (χ0) is 23.3. The molecule has 1 N–H and O–H groups in total. The lowest BCUT2D eigenvalue weighted by atomic mass is 9.96. The molecular formula is C25H22ClF2NO3. The Kier molecular flexibility index (Phi) is 7.59. The molecule has 0 aliphatic carbocycles. The van der Waals surface area contributed by atoms with Crippen LogP contribution in [0.25, 0.3) is 11.1 Å². The molecule has 0 fully saturated rings. The van der Waals surface area contributed by atoms with Crippen LogP contribution in [-0.4, -0.2) is 18.8 Å². The third kappa shape index (κ3) is 5.32. The van der Waals surface area contributed by atoms with Crippen molar-refractivity contribution in [3.63, 3.8) is 0 Å². The maximum atomic E-state index is 14.1. The van der Waals surface area contributed by atoms with E-state index >= 15 is 0 Å². The Hall–Kier alpha value is -3.25. The van der Waals surface area contributed by atoms with Crippen molar-refractivity contribution in [1.29, 1.82) is 0 Å². The molecule has 7 heteroatoms. The highest BCUT2D eigenvalue weighted by molar-refractivity contribution is 6.30. The van der Waals surface area contributed by atoms with E-state index in [2.05, 4.69) is 5.32 Å². The first kappa shape index (κ1) is 23.4. The Labute approximate surface area is 190 Å². The fourth-order valence-corrected chi connectivity index (χ4v) is 3.43. The van der Waals surface area contributed by atoms with Crippen LogP contribution in [-0.2, 0) is 6.54 Å². The number of rotatable bonds is 8. The average molecular weight is 458 g/mol. The predicted octanol–water partition coefficient (Wildman–Crippen LogP) is 6.12. The molecule has 0 atom stereocenters. The van der Waals surface area contributed by atoms with E-state index in [4.69, 9.17) is 16.3 Å². The molecule has 0 aromatic heterocycles. The first-order valence-electron chi connectivity index (χ1n) is 10.1. The summed E-state index contributed by atoms with van der Waals surface area (Å²) in [6.07, 6.45) is 1.27. The van der Waals surface area contributed by atoms with Crippen LogP contribution in [0.15, 0.2) is 48.5 Å². The molecule has 0 saturated heterocycles. The maximum absolute atomic E-state index is 14.1. The van der Waals surface area contributed by atoms with E-state index < -0.39 is 17.5 Å². The second kappa shape index (κ2) is 10.4. The smallest absolute Gasteiger partial charge is 0.254 e. The minimum Gasteiger partial charge on any atom is -0.493 e. The van der Waals surface area contributed by atoms with Crippen LogP contribution in [0.1, 0.15) is 45.2 Å². The third-order valence-corrected chi connectivity index (χ3v) is 5.15. The monoisotopic (exact) mass is 457 g/mol. The van der Waals surface area contributed by atoms with Gasteiger partial charge in [-0.25, -0.2) is 8.78 Å². The van der Waals surface area contributed by atoms with Gasteiger partial charge in [-0.1, -0.05) is 24.6 Å². The van der Waals surface area contributed by atoms with E-state index in [1.807, 2.05) is 13.0 Å². The van der Waals surface area contributed by atoms with Gasteiger partial charge in [-0.05, 0) is 72.5 Å². The van der Waals surface area contributed by atoms with Crippen molar-refractivity contribution >= 4 is 23.8 Å². The maximum Gasteiger partial charge on any atom is 0.254 e. The van der Waals surface area contributed by atoms with Gasteiger partial charge in [0.25, 0.3) is 5.91 Å². The van der Waals surface area contributed by atoms with E-state index in [9.17, 15) is 18.4 Å². The minimum atomic E-state index is -0.713. The number of ether oxygens (including phenoxy) is 1. The zero-order valence-electron chi connectivity index (χ0n) is 17.7. The molecule has 0 bridgehead atoms. The second-order valence-electron chi connectivity index (χ2n) is 7.28. The van der Waals surface area contributed by atoms with Gasteiger partial charge in [0.05, 0.1) is 17.7 Å². The lowest BCUT2D eigenvalue weighted by Gasteiger charge is -2.15. The number of halogens is 3. The van der Waals surface area contributed by atoms with Crippen molar-refractivity contribution in [2.45, 2.75) is 26.8 Å². The van der Waals surface area contributed by atoms with Crippen LogP contribution in [0, 0.1) is 18.6 Å². The Morgan fingerprint density at radius 1 is 1.09 bits per heavy atom. The molecule has 0 aliphatic rings. The summed E-state index contributed by atoms with van der Waals surface area (Å²) in [6.45, 7) is 4.28. The highest BCUT2D eigenvalue weighted by Gasteiger charge is 2.15. The Bertz CT molecular complexity index is 1160. The van der Waals surface area contributed by atoms with Crippen LogP contribution >= 0.6 is 11.6 Å². The lowest BCUT2D eigenvalue weighted by Crippen LogP contribution is -2.24. The normalized spacial score (nSPS) is 10.7. The van der Waals surface area contributed by atoms with E-state index in [1.54, 1.807) is 19.1 Å². The molecule has 0 spiro atoms. The van der Waals surface area contributed by atoms with Gasteiger partial charge in [-0.15, -0.1) is 0 Å². The molecule has 3 aromatic rings. The molecule has 0 radical (unpaired) electrons. The van der Waals surface area contributed by atoms with Gasteiger partial charge in [0.15, 0.2) is 6.29 Å². The minimum absolute atomic E-state index is 0.0371. The molecule has 1 amide bonds. The number of benzene rings is 3. The van der Waals surface area contributed by atoms with Crippen LogP contribution in [0.2, 0.25) is 5.02 Å². The molecule has 4 nitrogen and oxygen atoms in total. The molecule has 0 unspecified atom stereocenters. The quantitative estimate of drug-likeness (QED) is 0.414. The molecular weight excluding hydrogens is 436 g/mol. The summed E-state index contributed by atoms with van der Waals surface area (Å²) in [5.41, 5.74) is 2.59. The predicted molar refractivity (Wildman–Crippen MR) is 120 cm³/mol. The van der Waals surface area contributed by atoms with E-state index in [0.29, 0.717) is 35.3 Å². The largest absolute Gasteiger partial charge is 0.493 e. The molecule has 0 saturated carbocycles. The molecule has 3 rings (SSSR count). The number of aryl methyl sites for hydroxylation is 1. The Morgan fingerprint density at radius 2 is 1.88 bits per heavy atom. The van der Waals surface area contributed by atoms with Crippen molar-refractivity contribution in [3.05, 3.63) is 87.4 Å². The van der Waals surface area contributed by atoms with Crippen LogP contribution in [0.4, 0.5) is 8.78 Å². The summed E-state index contributed by atoms with van der Waals surface area (Å²) in [6, 6.07) is 12.0. The first-order chi connectivity index (χ1) is 15.3. The summed E-state index contributed by atoms with van der Waals surface area (Å²) in [4.78, 5) is 23.7. The Morgan fingerprint density at radius 3 is 2.56 bits per heavy atom. The number of hydrogen-bond acceptors (Lipinski definition) is 3. The van der Waals surface area contributed by atoms with E-state index in [1.165, 1.54) is 24.3 Å². The van der Waals surface area contributed by atoms with E-state index in [0.717, 1.165) is 18.1 Å². The van der Waals surface area contributed by atoms with Crippen LogP contribution < -0.4 is 10.1 Å². The van der Waals surface area contributed by atoms with Crippen molar-refractivity contribution in [3.8, 4) is 16.9 Å². The van der Waals surface area contributed by atoms with Crippen molar-refractivity contribution in [2.75, 3.05) is 6.61 Å².